The molecule has 5 nitrogen and oxygen atoms in total. The standard InChI is InChI=1S/C48H35N5/c1-4-13-34(14-5-1)42-31-43(51-47(50-42)36-15-6-2-7-16-36)35-26-22-32(23-27-35)33-24-28-37(29-25-33)48-52-45-41-21-12-30-49-44(41)39-19-10-11-20-40(39)46(45)53(48)38-17-8-3-9-18-38/h1-31,47-48,51-52H. The fourth-order valence-corrected chi connectivity index (χ4v) is 7.77. The molecule has 5 heteroatoms. The Bertz CT molecular complexity index is 2650. The molecule has 2 unspecified atom stereocenters. The van der Waals surface area contributed by atoms with Crippen LogP contribution < -0.4 is 15.5 Å². The van der Waals surface area contributed by atoms with E-state index in [0.717, 1.165) is 55.8 Å². The largest absolute Gasteiger partial charge is 0.360 e. The number of benzene rings is 7. The zero-order valence-electron chi connectivity index (χ0n) is 28.9. The smallest absolute Gasteiger partial charge is 0.145 e. The lowest BCUT2D eigenvalue weighted by atomic mass is 9.98. The third-order valence-corrected chi connectivity index (χ3v) is 10.3. The summed E-state index contributed by atoms with van der Waals surface area (Å²) in [5.41, 5.74) is 13.3. The minimum atomic E-state index is -0.170. The Morgan fingerprint density at radius 3 is 1.81 bits per heavy atom. The van der Waals surface area contributed by atoms with Crippen LogP contribution in [0.4, 0.5) is 17.1 Å². The Morgan fingerprint density at radius 2 is 1.08 bits per heavy atom. The summed E-state index contributed by atoms with van der Waals surface area (Å²) < 4.78 is 0. The van der Waals surface area contributed by atoms with Gasteiger partial charge < -0.3 is 15.5 Å². The van der Waals surface area contributed by atoms with Crippen LogP contribution in [0.2, 0.25) is 0 Å². The van der Waals surface area contributed by atoms with Gasteiger partial charge in [-0.3, -0.25) is 9.98 Å². The minimum Gasteiger partial charge on any atom is -0.360 e. The summed E-state index contributed by atoms with van der Waals surface area (Å²) in [7, 11) is 0. The van der Waals surface area contributed by atoms with Gasteiger partial charge in [0.05, 0.1) is 22.6 Å². The van der Waals surface area contributed by atoms with Gasteiger partial charge in [0.25, 0.3) is 0 Å². The zero-order chi connectivity index (χ0) is 35.1. The molecule has 0 saturated carbocycles. The van der Waals surface area contributed by atoms with Crippen LogP contribution in [-0.2, 0) is 0 Å². The van der Waals surface area contributed by atoms with E-state index < -0.39 is 0 Å². The zero-order valence-corrected chi connectivity index (χ0v) is 28.9. The summed E-state index contributed by atoms with van der Waals surface area (Å²) >= 11 is 0. The quantitative estimate of drug-likeness (QED) is 0.172. The molecule has 2 atom stereocenters. The van der Waals surface area contributed by atoms with E-state index in [0.29, 0.717) is 0 Å². The highest BCUT2D eigenvalue weighted by molar-refractivity contribution is 6.21. The van der Waals surface area contributed by atoms with Gasteiger partial charge in [-0.1, -0.05) is 152 Å². The molecule has 2 N–H and O–H groups in total. The van der Waals surface area contributed by atoms with Gasteiger partial charge in [-0.15, -0.1) is 0 Å². The number of aliphatic imine (C=N–C) groups is 1. The number of rotatable bonds is 6. The SMILES string of the molecule is C1=C(c2ccc(-c3ccc(C4Nc5c(c6ccccc6c6ncccc56)N4c4ccccc4)cc3)cc2)NC(c2ccccc2)N=C1c1ccccc1. The van der Waals surface area contributed by atoms with Crippen LogP contribution in [0.25, 0.3) is 38.5 Å². The Morgan fingerprint density at radius 1 is 0.472 bits per heavy atom. The molecule has 2 aliphatic rings. The molecule has 0 bridgehead atoms. The Labute approximate surface area is 308 Å². The molecular weight excluding hydrogens is 647 g/mol. The normalized spacial score (nSPS) is 16.4. The summed E-state index contributed by atoms with van der Waals surface area (Å²) in [6.07, 6.45) is 3.78. The minimum absolute atomic E-state index is 0.0969. The number of nitrogens with zero attached hydrogens (tertiary/aromatic N) is 3. The van der Waals surface area contributed by atoms with Gasteiger partial charge in [-0.25, -0.2) is 0 Å². The number of hydrogen-bond donors (Lipinski definition) is 2. The number of allylic oxidation sites excluding steroid dienone is 1. The molecule has 252 valence electrons. The monoisotopic (exact) mass is 681 g/mol. The van der Waals surface area contributed by atoms with Crippen molar-refractivity contribution in [3.63, 3.8) is 0 Å². The van der Waals surface area contributed by atoms with E-state index >= 15 is 0 Å². The van der Waals surface area contributed by atoms with E-state index in [1.165, 1.54) is 27.8 Å². The number of anilines is 3. The number of para-hydroxylation sites is 1. The van der Waals surface area contributed by atoms with Crippen LogP contribution in [0, 0.1) is 0 Å². The van der Waals surface area contributed by atoms with Crippen molar-refractivity contribution < 1.29 is 0 Å². The summed E-state index contributed by atoms with van der Waals surface area (Å²) in [6.45, 7) is 0. The van der Waals surface area contributed by atoms with Crippen molar-refractivity contribution in [3.05, 3.63) is 210 Å². The average molecular weight is 682 g/mol. The molecule has 1 aromatic heterocycles. The van der Waals surface area contributed by atoms with Crippen LogP contribution in [-0.4, -0.2) is 10.7 Å². The molecule has 0 spiro atoms. The Hall–Kier alpha value is -6.98. The van der Waals surface area contributed by atoms with E-state index in [2.05, 4.69) is 179 Å². The van der Waals surface area contributed by atoms with Gasteiger partial charge >= 0.3 is 0 Å². The van der Waals surface area contributed by atoms with Crippen LogP contribution in [0.5, 0.6) is 0 Å². The van der Waals surface area contributed by atoms with Crippen molar-refractivity contribution in [1.82, 2.24) is 10.3 Å². The fraction of sp³-hybridized carbons (Fsp3) is 0.0417. The first-order valence-corrected chi connectivity index (χ1v) is 18.1. The van der Waals surface area contributed by atoms with Crippen LogP contribution in [0.15, 0.2) is 193 Å². The van der Waals surface area contributed by atoms with Crippen LogP contribution >= 0.6 is 0 Å². The highest BCUT2D eigenvalue weighted by Gasteiger charge is 2.34. The van der Waals surface area contributed by atoms with Gasteiger partial charge in [0, 0.05) is 33.7 Å². The maximum absolute atomic E-state index is 5.09. The van der Waals surface area contributed by atoms with Crippen molar-refractivity contribution >= 4 is 50.1 Å². The van der Waals surface area contributed by atoms with Crippen molar-refractivity contribution in [2.75, 3.05) is 10.2 Å². The molecule has 53 heavy (non-hydrogen) atoms. The van der Waals surface area contributed by atoms with Gasteiger partial charge in [-0.05, 0) is 63.7 Å². The van der Waals surface area contributed by atoms with E-state index in [-0.39, 0.29) is 12.3 Å². The van der Waals surface area contributed by atoms with E-state index in [1.54, 1.807) is 0 Å². The Balaban J connectivity index is 0.978. The molecule has 8 aromatic rings. The second kappa shape index (κ2) is 13.0. The summed E-state index contributed by atoms with van der Waals surface area (Å²) in [5, 5.41) is 11.1. The van der Waals surface area contributed by atoms with Crippen molar-refractivity contribution in [1.29, 1.82) is 0 Å². The van der Waals surface area contributed by atoms with Crippen LogP contribution in [0.1, 0.15) is 34.6 Å². The predicted molar refractivity (Wildman–Crippen MR) is 219 cm³/mol. The molecule has 0 radical (unpaired) electrons. The van der Waals surface area contributed by atoms with Crippen molar-refractivity contribution in [3.8, 4) is 11.1 Å². The number of aromatic nitrogens is 1. The van der Waals surface area contributed by atoms with E-state index in [9.17, 15) is 0 Å². The highest BCUT2D eigenvalue weighted by atomic mass is 15.3. The van der Waals surface area contributed by atoms with Gasteiger partial charge in [0.15, 0.2) is 0 Å². The summed E-state index contributed by atoms with van der Waals surface area (Å²) in [6, 6.07) is 62.1. The molecule has 2 aliphatic heterocycles. The molecule has 7 aromatic carbocycles. The van der Waals surface area contributed by atoms with Crippen LogP contribution in [0.3, 0.4) is 0 Å². The van der Waals surface area contributed by atoms with E-state index in [4.69, 9.17) is 9.98 Å². The second-order valence-electron chi connectivity index (χ2n) is 13.5. The number of fused-ring (bicyclic) bond motifs is 6. The highest BCUT2D eigenvalue weighted by Crippen LogP contribution is 2.53. The lowest BCUT2D eigenvalue weighted by Crippen LogP contribution is -2.24. The number of nitrogens with one attached hydrogen (secondary N) is 2. The third kappa shape index (κ3) is 5.51. The summed E-state index contributed by atoms with van der Waals surface area (Å²) in [4.78, 5) is 12.4. The van der Waals surface area contributed by atoms with Crippen molar-refractivity contribution in [2.45, 2.75) is 12.3 Å². The molecule has 0 aliphatic carbocycles. The average Bonchev–Trinajstić information content (AvgIpc) is 3.66. The Kier molecular flexibility index (Phi) is 7.54. The molecule has 0 amide bonds. The lowest BCUT2D eigenvalue weighted by molar-refractivity contribution is 0.664. The fourth-order valence-electron chi connectivity index (χ4n) is 7.77. The van der Waals surface area contributed by atoms with Gasteiger partial charge in [0.2, 0.25) is 0 Å². The molecule has 0 fully saturated rings. The predicted octanol–water partition coefficient (Wildman–Crippen LogP) is 11.4. The maximum Gasteiger partial charge on any atom is 0.145 e. The molecule has 0 saturated heterocycles. The first-order valence-electron chi connectivity index (χ1n) is 18.1. The summed E-state index contributed by atoms with van der Waals surface area (Å²) in [5.74, 6) is 0. The topological polar surface area (TPSA) is 52.6 Å². The third-order valence-electron chi connectivity index (χ3n) is 10.3. The maximum atomic E-state index is 5.09. The van der Waals surface area contributed by atoms with Crippen molar-refractivity contribution in [2.24, 2.45) is 4.99 Å². The molecule has 3 heterocycles. The van der Waals surface area contributed by atoms with Gasteiger partial charge in [0.1, 0.15) is 12.3 Å². The molecular formula is C48H35N5. The second-order valence-corrected chi connectivity index (χ2v) is 13.5. The number of hydrogen-bond acceptors (Lipinski definition) is 5. The first kappa shape index (κ1) is 30.8. The van der Waals surface area contributed by atoms with E-state index in [1.807, 2.05) is 24.4 Å². The first-order chi connectivity index (χ1) is 26.3. The van der Waals surface area contributed by atoms with Gasteiger partial charge in [-0.2, -0.15) is 0 Å². The number of pyridine rings is 1. The molecule has 10 rings (SSSR count). The lowest BCUT2D eigenvalue weighted by Gasteiger charge is -2.28.